The van der Waals surface area contributed by atoms with Crippen LogP contribution in [-0.2, 0) is 0 Å². The molecule has 0 saturated carbocycles. The zero-order valence-electron chi connectivity index (χ0n) is 12.9. The molecule has 0 aromatic rings. The first-order chi connectivity index (χ1) is 8.13. The summed E-state index contributed by atoms with van der Waals surface area (Å²) >= 11 is 0. The molecular formula is C17H30. The normalized spacial score (nSPS) is 13.5. The summed E-state index contributed by atoms with van der Waals surface area (Å²) in [5, 5.41) is 0. The summed E-state index contributed by atoms with van der Waals surface area (Å²) in [7, 11) is 0. The third-order valence-corrected chi connectivity index (χ3v) is 2.24. The molecule has 0 heterocycles. The molecule has 0 bridgehead atoms. The van der Waals surface area contributed by atoms with Crippen molar-refractivity contribution in [2.45, 2.75) is 61.3 Å². The van der Waals surface area contributed by atoms with Gasteiger partial charge in [0.15, 0.2) is 0 Å². The fourth-order valence-corrected chi connectivity index (χ4v) is 1.60. The molecule has 0 amide bonds. The van der Waals surface area contributed by atoms with Crippen LogP contribution in [0.5, 0.6) is 0 Å². The number of hydrogen-bond acceptors (Lipinski definition) is 0. The Morgan fingerprint density at radius 2 is 1.65 bits per heavy atom. The molecular weight excluding hydrogens is 204 g/mol. The van der Waals surface area contributed by atoms with Crippen LogP contribution in [-0.4, -0.2) is 0 Å². The SMILES string of the molecule is C=CC1=C(C=C(C)C)CCC(C)=C1.CC.CC. The fraction of sp³-hybridized carbons (Fsp3) is 0.529. The van der Waals surface area contributed by atoms with E-state index in [1.807, 2.05) is 33.8 Å². The monoisotopic (exact) mass is 234 g/mol. The molecule has 0 unspecified atom stereocenters. The van der Waals surface area contributed by atoms with Crippen LogP contribution in [0.3, 0.4) is 0 Å². The van der Waals surface area contributed by atoms with Gasteiger partial charge in [-0.15, -0.1) is 0 Å². The van der Waals surface area contributed by atoms with Crippen LogP contribution in [0, 0.1) is 0 Å². The highest BCUT2D eigenvalue weighted by atomic mass is 14.1. The van der Waals surface area contributed by atoms with Crippen LogP contribution in [0.15, 0.2) is 47.1 Å². The van der Waals surface area contributed by atoms with Crippen LogP contribution in [0.2, 0.25) is 0 Å². The van der Waals surface area contributed by atoms with E-state index in [4.69, 9.17) is 0 Å². The summed E-state index contributed by atoms with van der Waals surface area (Å²) < 4.78 is 0. The predicted octanol–water partition coefficient (Wildman–Crippen LogP) is 6.23. The predicted molar refractivity (Wildman–Crippen MR) is 82.3 cm³/mol. The lowest BCUT2D eigenvalue weighted by Gasteiger charge is -2.14. The molecule has 0 nitrogen and oxygen atoms in total. The topological polar surface area (TPSA) is 0 Å². The maximum Gasteiger partial charge on any atom is -0.0231 e. The zero-order chi connectivity index (χ0) is 13.8. The Balaban J connectivity index is 0. The minimum absolute atomic E-state index is 1.16. The molecule has 1 aliphatic rings. The first kappa shape index (κ1) is 18.3. The average Bonchev–Trinajstić information content (AvgIpc) is 2.36. The van der Waals surface area contributed by atoms with Crippen molar-refractivity contribution in [3.8, 4) is 0 Å². The lowest BCUT2D eigenvalue weighted by atomic mass is 9.92. The number of hydrogen-bond donors (Lipinski definition) is 0. The van der Waals surface area contributed by atoms with Crippen LogP contribution in [0.25, 0.3) is 0 Å². The van der Waals surface area contributed by atoms with Gasteiger partial charge in [0.1, 0.15) is 0 Å². The van der Waals surface area contributed by atoms with Crippen molar-refractivity contribution in [1.29, 1.82) is 0 Å². The molecule has 1 aliphatic carbocycles. The average molecular weight is 234 g/mol. The van der Waals surface area contributed by atoms with Gasteiger partial charge in [-0.25, -0.2) is 0 Å². The van der Waals surface area contributed by atoms with Crippen LogP contribution < -0.4 is 0 Å². The first-order valence-electron chi connectivity index (χ1n) is 6.81. The highest BCUT2D eigenvalue weighted by molar-refractivity contribution is 5.45. The lowest BCUT2D eigenvalue weighted by Crippen LogP contribution is -1.94. The Morgan fingerprint density at radius 3 is 2.06 bits per heavy atom. The molecule has 1 rings (SSSR count). The van der Waals surface area contributed by atoms with E-state index in [2.05, 4.69) is 39.5 Å². The molecule has 0 radical (unpaired) electrons. The Bertz CT molecular complexity index is 294. The largest absolute Gasteiger partial charge is 0.0985 e. The van der Waals surface area contributed by atoms with Gasteiger partial charge in [-0.1, -0.05) is 63.6 Å². The summed E-state index contributed by atoms with van der Waals surface area (Å²) in [5.74, 6) is 0. The van der Waals surface area contributed by atoms with Gasteiger partial charge in [0.05, 0.1) is 0 Å². The molecule has 0 saturated heterocycles. The molecule has 17 heavy (non-hydrogen) atoms. The Kier molecular flexibility index (Phi) is 12.3. The third-order valence-electron chi connectivity index (χ3n) is 2.24. The van der Waals surface area contributed by atoms with Crippen LogP contribution >= 0.6 is 0 Å². The highest BCUT2D eigenvalue weighted by Crippen LogP contribution is 2.25. The van der Waals surface area contributed by atoms with Crippen LogP contribution in [0.1, 0.15) is 61.3 Å². The van der Waals surface area contributed by atoms with Crippen molar-refractivity contribution in [3.63, 3.8) is 0 Å². The van der Waals surface area contributed by atoms with Gasteiger partial charge in [0, 0.05) is 0 Å². The van der Waals surface area contributed by atoms with Gasteiger partial charge in [-0.05, 0) is 44.8 Å². The van der Waals surface area contributed by atoms with Gasteiger partial charge in [0.2, 0.25) is 0 Å². The Hall–Kier alpha value is -1.04. The second-order valence-electron chi connectivity index (χ2n) is 3.90. The molecule has 0 atom stereocenters. The molecule has 0 aromatic carbocycles. The van der Waals surface area contributed by atoms with Crippen molar-refractivity contribution >= 4 is 0 Å². The van der Waals surface area contributed by atoms with Gasteiger partial charge >= 0.3 is 0 Å². The van der Waals surface area contributed by atoms with Crippen molar-refractivity contribution in [1.82, 2.24) is 0 Å². The van der Waals surface area contributed by atoms with E-state index in [0.717, 1.165) is 6.42 Å². The maximum absolute atomic E-state index is 3.84. The summed E-state index contributed by atoms with van der Waals surface area (Å²) in [6.07, 6.45) is 8.81. The lowest BCUT2D eigenvalue weighted by molar-refractivity contribution is 0.914. The number of allylic oxidation sites excluding steroid dienone is 7. The summed E-state index contributed by atoms with van der Waals surface area (Å²) in [4.78, 5) is 0. The Labute approximate surface area is 109 Å². The van der Waals surface area contributed by atoms with Gasteiger partial charge in [-0.3, -0.25) is 0 Å². The smallest absolute Gasteiger partial charge is 0.0231 e. The van der Waals surface area contributed by atoms with E-state index < -0.39 is 0 Å². The minimum Gasteiger partial charge on any atom is -0.0985 e. The molecule has 0 spiro atoms. The van der Waals surface area contributed by atoms with Crippen molar-refractivity contribution in [2.24, 2.45) is 0 Å². The van der Waals surface area contributed by atoms with E-state index in [9.17, 15) is 0 Å². The third kappa shape index (κ3) is 7.79. The second kappa shape index (κ2) is 11.4. The Morgan fingerprint density at radius 1 is 1.12 bits per heavy atom. The highest BCUT2D eigenvalue weighted by Gasteiger charge is 2.06. The fourth-order valence-electron chi connectivity index (χ4n) is 1.60. The maximum atomic E-state index is 3.84. The van der Waals surface area contributed by atoms with E-state index in [-0.39, 0.29) is 0 Å². The van der Waals surface area contributed by atoms with Crippen molar-refractivity contribution in [3.05, 3.63) is 47.1 Å². The second-order valence-corrected chi connectivity index (χ2v) is 3.90. The minimum atomic E-state index is 1.16. The van der Waals surface area contributed by atoms with Crippen molar-refractivity contribution in [2.75, 3.05) is 0 Å². The van der Waals surface area contributed by atoms with Gasteiger partial charge in [-0.2, -0.15) is 0 Å². The van der Waals surface area contributed by atoms with E-state index in [1.165, 1.54) is 28.7 Å². The summed E-state index contributed by atoms with van der Waals surface area (Å²) in [6, 6.07) is 0. The van der Waals surface area contributed by atoms with E-state index in [0.29, 0.717) is 0 Å². The summed E-state index contributed by atoms with van der Waals surface area (Å²) in [5.41, 5.74) is 5.55. The molecule has 0 N–H and O–H groups in total. The quantitative estimate of drug-likeness (QED) is 0.531. The molecule has 0 aliphatic heterocycles. The molecule has 98 valence electrons. The molecule has 0 aromatic heterocycles. The first-order valence-corrected chi connectivity index (χ1v) is 6.81. The van der Waals surface area contributed by atoms with Gasteiger partial charge in [0.25, 0.3) is 0 Å². The standard InChI is InChI=1S/C13H18.2C2H6/c1-5-12-9-11(4)6-7-13(12)8-10(2)3;2*1-2/h5,8-9H,1,6-7H2,2-4H3;2*1-2H3. The van der Waals surface area contributed by atoms with Gasteiger partial charge < -0.3 is 0 Å². The summed E-state index contributed by atoms with van der Waals surface area (Å²) in [6.45, 7) is 18.3. The zero-order valence-corrected chi connectivity index (χ0v) is 12.9. The molecule has 0 fully saturated rings. The van der Waals surface area contributed by atoms with Crippen LogP contribution in [0.4, 0.5) is 0 Å². The van der Waals surface area contributed by atoms with E-state index in [1.54, 1.807) is 0 Å². The van der Waals surface area contributed by atoms with E-state index >= 15 is 0 Å². The molecule has 0 heteroatoms. The number of rotatable bonds is 2. The van der Waals surface area contributed by atoms with Crippen molar-refractivity contribution < 1.29 is 0 Å².